The Balaban J connectivity index is 4.20. The standard InChI is InChI=1S/C12H25NO4S/c1-6-7-8-10(2)11(14)9-13-18(15,16)17-12(3,4)5/h11,13-14H,2,6-9H2,1,3-5H3/t11-/m0/s1. The zero-order chi connectivity index (χ0) is 14.4. The Morgan fingerprint density at radius 1 is 1.44 bits per heavy atom. The predicted molar refractivity (Wildman–Crippen MR) is 72.4 cm³/mol. The zero-order valence-electron chi connectivity index (χ0n) is 11.7. The van der Waals surface area contributed by atoms with Crippen molar-refractivity contribution < 1.29 is 17.7 Å². The molecule has 0 spiro atoms. The lowest BCUT2D eigenvalue weighted by atomic mass is 10.1. The van der Waals surface area contributed by atoms with Crippen LogP contribution in [0.4, 0.5) is 0 Å². The number of nitrogens with one attached hydrogen (secondary N) is 1. The van der Waals surface area contributed by atoms with Crippen LogP contribution < -0.4 is 4.72 Å². The van der Waals surface area contributed by atoms with Crippen LogP contribution in [0.25, 0.3) is 0 Å². The van der Waals surface area contributed by atoms with E-state index in [-0.39, 0.29) is 6.54 Å². The Labute approximate surface area is 110 Å². The van der Waals surface area contributed by atoms with Gasteiger partial charge in [0.05, 0.1) is 11.7 Å². The topological polar surface area (TPSA) is 75.6 Å². The average Bonchev–Trinajstić information content (AvgIpc) is 2.19. The van der Waals surface area contributed by atoms with Crippen LogP contribution in [0, 0.1) is 0 Å². The van der Waals surface area contributed by atoms with Crippen LogP contribution in [0.5, 0.6) is 0 Å². The first-order valence-corrected chi connectivity index (χ1v) is 7.54. The molecule has 5 nitrogen and oxygen atoms in total. The minimum atomic E-state index is -3.84. The summed E-state index contributed by atoms with van der Waals surface area (Å²) in [4.78, 5) is 0. The van der Waals surface area contributed by atoms with Crippen molar-refractivity contribution in [3.8, 4) is 0 Å². The SMILES string of the molecule is C=C(CCCC)[C@@H](O)CNS(=O)(=O)OC(C)(C)C. The Hall–Kier alpha value is -0.430. The van der Waals surface area contributed by atoms with Gasteiger partial charge in [0.25, 0.3) is 0 Å². The van der Waals surface area contributed by atoms with E-state index in [1.165, 1.54) is 0 Å². The molecule has 0 heterocycles. The molecule has 0 saturated carbocycles. The maximum atomic E-state index is 11.5. The summed E-state index contributed by atoms with van der Waals surface area (Å²) in [5.41, 5.74) is -0.161. The molecule has 108 valence electrons. The summed E-state index contributed by atoms with van der Waals surface area (Å²) in [7, 11) is -3.84. The van der Waals surface area contributed by atoms with Crippen LogP contribution in [0.3, 0.4) is 0 Å². The lowest BCUT2D eigenvalue weighted by molar-refractivity contribution is 0.133. The summed E-state index contributed by atoms with van der Waals surface area (Å²) in [6.07, 6.45) is 1.75. The number of unbranched alkanes of at least 4 members (excludes halogenated alkanes) is 1. The van der Waals surface area contributed by atoms with Crippen molar-refractivity contribution in [1.29, 1.82) is 0 Å². The summed E-state index contributed by atoms with van der Waals surface area (Å²) in [5.74, 6) is 0. The average molecular weight is 279 g/mol. The van der Waals surface area contributed by atoms with Crippen molar-refractivity contribution in [2.24, 2.45) is 0 Å². The maximum Gasteiger partial charge on any atom is 0.336 e. The van der Waals surface area contributed by atoms with Crippen LogP contribution in [-0.2, 0) is 14.5 Å². The Kier molecular flexibility index (Phi) is 7.06. The van der Waals surface area contributed by atoms with Gasteiger partial charge in [-0.25, -0.2) is 0 Å². The third-order valence-electron chi connectivity index (χ3n) is 2.14. The van der Waals surface area contributed by atoms with E-state index in [1.807, 2.05) is 6.92 Å². The van der Waals surface area contributed by atoms with Crippen molar-refractivity contribution in [3.05, 3.63) is 12.2 Å². The lowest BCUT2D eigenvalue weighted by Crippen LogP contribution is -2.38. The van der Waals surface area contributed by atoms with E-state index in [0.717, 1.165) is 12.8 Å². The second-order valence-electron chi connectivity index (χ2n) is 5.28. The highest BCUT2D eigenvalue weighted by atomic mass is 32.2. The highest BCUT2D eigenvalue weighted by molar-refractivity contribution is 7.84. The predicted octanol–water partition coefficient (Wildman–Crippen LogP) is 1.74. The lowest BCUT2D eigenvalue weighted by Gasteiger charge is -2.20. The number of hydrogen-bond donors (Lipinski definition) is 2. The van der Waals surface area contributed by atoms with Gasteiger partial charge < -0.3 is 5.11 Å². The Morgan fingerprint density at radius 3 is 2.44 bits per heavy atom. The first-order valence-electron chi connectivity index (χ1n) is 6.13. The van der Waals surface area contributed by atoms with Gasteiger partial charge in [-0.05, 0) is 39.2 Å². The van der Waals surface area contributed by atoms with Crippen molar-refractivity contribution in [3.63, 3.8) is 0 Å². The van der Waals surface area contributed by atoms with Crippen LogP contribution >= 0.6 is 0 Å². The van der Waals surface area contributed by atoms with E-state index in [1.54, 1.807) is 20.8 Å². The molecule has 1 atom stereocenters. The molecule has 0 aromatic carbocycles. The van der Waals surface area contributed by atoms with Gasteiger partial charge in [0.1, 0.15) is 0 Å². The minimum Gasteiger partial charge on any atom is -0.387 e. The number of aliphatic hydroxyl groups is 1. The zero-order valence-corrected chi connectivity index (χ0v) is 12.5. The van der Waals surface area contributed by atoms with Gasteiger partial charge >= 0.3 is 10.3 Å². The molecule has 0 unspecified atom stereocenters. The van der Waals surface area contributed by atoms with Crippen LogP contribution in [0.15, 0.2) is 12.2 Å². The summed E-state index contributed by atoms with van der Waals surface area (Å²) in [5, 5.41) is 9.72. The van der Waals surface area contributed by atoms with Gasteiger partial charge in [0, 0.05) is 6.54 Å². The van der Waals surface area contributed by atoms with Crippen LogP contribution in [-0.4, -0.2) is 31.8 Å². The van der Waals surface area contributed by atoms with Gasteiger partial charge in [-0.2, -0.15) is 13.1 Å². The van der Waals surface area contributed by atoms with E-state index < -0.39 is 22.0 Å². The highest BCUT2D eigenvalue weighted by Gasteiger charge is 2.22. The number of hydrogen-bond acceptors (Lipinski definition) is 4. The second-order valence-corrected chi connectivity index (χ2v) is 6.64. The van der Waals surface area contributed by atoms with Crippen molar-refractivity contribution in [2.75, 3.05) is 6.54 Å². The molecule has 0 saturated heterocycles. The molecule has 18 heavy (non-hydrogen) atoms. The van der Waals surface area contributed by atoms with E-state index in [9.17, 15) is 13.5 Å². The molecule has 0 aromatic heterocycles. The first kappa shape index (κ1) is 17.6. The molecule has 0 aliphatic carbocycles. The molecule has 0 amide bonds. The Morgan fingerprint density at radius 2 is 2.00 bits per heavy atom. The molecule has 0 aliphatic heterocycles. The molecule has 0 fully saturated rings. The molecule has 2 N–H and O–H groups in total. The fourth-order valence-corrected chi connectivity index (χ4v) is 2.33. The summed E-state index contributed by atoms with van der Waals surface area (Å²) < 4.78 is 30.1. The maximum absolute atomic E-state index is 11.5. The molecular weight excluding hydrogens is 254 g/mol. The molecular formula is C12H25NO4S. The van der Waals surface area contributed by atoms with Gasteiger partial charge in [0.2, 0.25) is 0 Å². The summed E-state index contributed by atoms with van der Waals surface area (Å²) >= 11 is 0. The van der Waals surface area contributed by atoms with Gasteiger partial charge in [-0.1, -0.05) is 19.9 Å². The van der Waals surface area contributed by atoms with E-state index in [2.05, 4.69) is 11.3 Å². The quantitative estimate of drug-likeness (QED) is 0.664. The van der Waals surface area contributed by atoms with E-state index >= 15 is 0 Å². The van der Waals surface area contributed by atoms with E-state index in [4.69, 9.17) is 4.18 Å². The van der Waals surface area contributed by atoms with Gasteiger partial charge in [0.15, 0.2) is 0 Å². The third-order valence-corrected chi connectivity index (χ3v) is 3.38. The van der Waals surface area contributed by atoms with Crippen LogP contribution in [0.2, 0.25) is 0 Å². The fraction of sp³-hybridized carbons (Fsp3) is 0.833. The molecule has 0 aromatic rings. The van der Waals surface area contributed by atoms with Crippen molar-refractivity contribution >= 4 is 10.3 Å². The molecule has 6 heteroatoms. The second kappa shape index (κ2) is 7.23. The summed E-state index contributed by atoms with van der Waals surface area (Å²) in [6, 6.07) is 0. The largest absolute Gasteiger partial charge is 0.387 e. The fourth-order valence-electron chi connectivity index (χ4n) is 1.25. The van der Waals surface area contributed by atoms with Crippen molar-refractivity contribution in [2.45, 2.75) is 58.7 Å². The molecule has 0 rings (SSSR count). The number of rotatable bonds is 8. The van der Waals surface area contributed by atoms with Crippen LogP contribution in [0.1, 0.15) is 47.0 Å². The highest BCUT2D eigenvalue weighted by Crippen LogP contribution is 2.12. The van der Waals surface area contributed by atoms with E-state index in [0.29, 0.717) is 12.0 Å². The first-order chi connectivity index (χ1) is 8.07. The third kappa shape index (κ3) is 8.63. The monoisotopic (exact) mass is 279 g/mol. The minimum absolute atomic E-state index is 0.110. The summed E-state index contributed by atoms with van der Waals surface area (Å²) in [6.45, 7) is 10.6. The molecule has 0 aliphatic rings. The normalized spacial score (nSPS) is 14.5. The smallest absolute Gasteiger partial charge is 0.336 e. The Bertz CT molecular complexity index is 357. The number of aliphatic hydroxyl groups excluding tert-OH is 1. The van der Waals surface area contributed by atoms with Crippen molar-refractivity contribution in [1.82, 2.24) is 4.72 Å². The molecule has 0 radical (unpaired) electrons. The van der Waals surface area contributed by atoms with Gasteiger partial charge in [-0.3, -0.25) is 4.18 Å². The molecule has 0 bridgehead atoms. The van der Waals surface area contributed by atoms with Gasteiger partial charge in [-0.15, -0.1) is 0 Å².